The molecule has 0 bridgehead atoms. The third-order valence-electron chi connectivity index (χ3n) is 3.65. The van der Waals surface area contributed by atoms with Gasteiger partial charge in [-0.2, -0.15) is 0 Å². The molecule has 0 aliphatic rings. The molecule has 2 atom stereocenters. The second-order valence-electron chi connectivity index (χ2n) is 5.08. The van der Waals surface area contributed by atoms with E-state index in [1.165, 1.54) is 12.3 Å². The quantitative estimate of drug-likeness (QED) is 0.756. The molecule has 2 N–H and O–H groups in total. The minimum atomic E-state index is -0.331. The molecule has 0 aliphatic heterocycles. The van der Waals surface area contributed by atoms with Crippen LogP contribution in [0.4, 0.5) is 4.39 Å². The van der Waals surface area contributed by atoms with Crippen molar-refractivity contribution in [1.82, 2.24) is 9.88 Å². The average Bonchev–Trinajstić information content (AvgIpc) is 2.47. The molecule has 4 nitrogen and oxygen atoms in total. The summed E-state index contributed by atoms with van der Waals surface area (Å²) in [5, 5.41) is 0. The van der Waals surface area contributed by atoms with Crippen molar-refractivity contribution in [1.29, 1.82) is 0 Å². The molecule has 20 heavy (non-hydrogen) atoms. The van der Waals surface area contributed by atoms with Crippen LogP contribution in [0.25, 0.3) is 0 Å². The maximum Gasteiger partial charge on any atom is 0.141 e. The summed E-state index contributed by atoms with van der Waals surface area (Å²) in [6.45, 7) is 6.88. The highest BCUT2D eigenvalue weighted by molar-refractivity contribution is 5.09. The van der Waals surface area contributed by atoms with E-state index in [0.717, 1.165) is 31.6 Å². The molecule has 0 radical (unpaired) electrons. The monoisotopic (exact) mass is 283 g/mol. The lowest BCUT2D eigenvalue weighted by molar-refractivity contribution is 0.120. The number of rotatable bonds is 9. The second-order valence-corrected chi connectivity index (χ2v) is 5.08. The van der Waals surface area contributed by atoms with E-state index in [0.29, 0.717) is 12.6 Å². The van der Waals surface area contributed by atoms with Crippen LogP contribution < -0.4 is 5.73 Å². The number of halogens is 1. The number of nitrogens with zero attached hydrogens (tertiary/aromatic N) is 2. The summed E-state index contributed by atoms with van der Waals surface area (Å²) in [4.78, 5) is 6.41. The van der Waals surface area contributed by atoms with Gasteiger partial charge in [0, 0.05) is 32.3 Å². The number of methoxy groups -OCH3 is 1. The fourth-order valence-corrected chi connectivity index (χ4v) is 2.08. The molecule has 0 saturated carbocycles. The van der Waals surface area contributed by atoms with Crippen LogP contribution in [0.2, 0.25) is 0 Å². The van der Waals surface area contributed by atoms with Crippen molar-refractivity contribution in [3.63, 3.8) is 0 Å². The summed E-state index contributed by atoms with van der Waals surface area (Å²) < 4.78 is 18.0. The predicted molar refractivity (Wildman–Crippen MR) is 78.9 cm³/mol. The zero-order valence-corrected chi connectivity index (χ0v) is 12.7. The molecule has 1 aromatic rings. The minimum Gasteiger partial charge on any atom is -0.383 e. The van der Waals surface area contributed by atoms with Crippen LogP contribution in [0.15, 0.2) is 18.3 Å². The van der Waals surface area contributed by atoms with Gasteiger partial charge in [-0.1, -0.05) is 6.92 Å². The smallest absolute Gasteiger partial charge is 0.141 e. The minimum absolute atomic E-state index is 0.162. The van der Waals surface area contributed by atoms with Gasteiger partial charge >= 0.3 is 0 Å². The van der Waals surface area contributed by atoms with Gasteiger partial charge in [-0.3, -0.25) is 9.88 Å². The van der Waals surface area contributed by atoms with Gasteiger partial charge in [-0.05, 0) is 31.9 Å². The first kappa shape index (κ1) is 17.0. The van der Waals surface area contributed by atoms with E-state index in [2.05, 4.69) is 23.7 Å². The SMILES string of the molecule is CCC(C)N(CCOC)CCC(N)c1ccc(F)cn1. The molecule has 114 valence electrons. The van der Waals surface area contributed by atoms with Crippen molar-refractivity contribution < 1.29 is 9.13 Å². The number of pyridine rings is 1. The first-order chi connectivity index (χ1) is 9.58. The standard InChI is InChI=1S/C15H26FN3O/c1-4-12(2)19(9-10-20-3)8-7-14(17)15-6-5-13(16)11-18-15/h5-6,11-12,14H,4,7-10,17H2,1-3H3. The number of hydrogen-bond acceptors (Lipinski definition) is 4. The molecule has 5 heteroatoms. The van der Waals surface area contributed by atoms with Gasteiger partial charge in [-0.25, -0.2) is 4.39 Å². The molecule has 0 aliphatic carbocycles. The van der Waals surface area contributed by atoms with Crippen LogP contribution in [-0.2, 0) is 4.74 Å². The van der Waals surface area contributed by atoms with E-state index in [-0.39, 0.29) is 11.9 Å². The van der Waals surface area contributed by atoms with Crippen molar-refractivity contribution in [2.45, 2.75) is 38.8 Å². The Balaban J connectivity index is 2.50. The summed E-state index contributed by atoms with van der Waals surface area (Å²) in [6.07, 6.45) is 3.10. The Morgan fingerprint density at radius 2 is 2.15 bits per heavy atom. The lowest BCUT2D eigenvalue weighted by atomic mass is 10.1. The van der Waals surface area contributed by atoms with Gasteiger partial charge in [0.1, 0.15) is 5.82 Å². The number of nitrogens with two attached hydrogens (primary N) is 1. The molecule has 0 spiro atoms. The van der Waals surface area contributed by atoms with Crippen molar-refractivity contribution in [2.24, 2.45) is 5.73 Å². The summed E-state index contributed by atoms with van der Waals surface area (Å²) >= 11 is 0. The number of ether oxygens (including phenoxy) is 1. The molecular weight excluding hydrogens is 257 g/mol. The molecule has 1 rings (SSSR count). The summed E-state index contributed by atoms with van der Waals surface area (Å²) in [6, 6.07) is 3.39. The van der Waals surface area contributed by atoms with E-state index in [1.54, 1.807) is 13.2 Å². The second kappa shape index (κ2) is 9.00. The van der Waals surface area contributed by atoms with Crippen LogP contribution in [0.1, 0.15) is 38.4 Å². The van der Waals surface area contributed by atoms with Gasteiger partial charge in [0.05, 0.1) is 18.5 Å². The van der Waals surface area contributed by atoms with Gasteiger partial charge in [0.25, 0.3) is 0 Å². The van der Waals surface area contributed by atoms with Crippen LogP contribution in [0, 0.1) is 5.82 Å². The highest BCUT2D eigenvalue weighted by Gasteiger charge is 2.15. The van der Waals surface area contributed by atoms with Crippen LogP contribution in [0.5, 0.6) is 0 Å². The number of aromatic nitrogens is 1. The van der Waals surface area contributed by atoms with Crippen LogP contribution >= 0.6 is 0 Å². The van der Waals surface area contributed by atoms with Gasteiger partial charge < -0.3 is 10.5 Å². The van der Waals surface area contributed by atoms with Gasteiger partial charge in [0.2, 0.25) is 0 Å². The Hall–Kier alpha value is -1.04. The Kier molecular flexibility index (Phi) is 7.65. The van der Waals surface area contributed by atoms with E-state index in [1.807, 2.05) is 0 Å². The van der Waals surface area contributed by atoms with Crippen molar-refractivity contribution in [2.75, 3.05) is 26.8 Å². The normalized spacial score (nSPS) is 14.5. The van der Waals surface area contributed by atoms with Crippen LogP contribution in [-0.4, -0.2) is 42.7 Å². The molecule has 0 amide bonds. The Bertz CT molecular complexity index is 372. The fourth-order valence-electron chi connectivity index (χ4n) is 2.08. The maximum atomic E-state index is 12.8. The van der Waals surface area contributed by atoms with Crippen molar-refractivity contribution >= 4 is 0 Å². The highest BCUT2D eigenvalue weighted by Crippen LogP contribution is 2.14. The largest absolute Gasteiger partial charge is 0.383 e. The summed E-state index contributed by atoms with van der Waals surface area (Å²) in [5.74, 6) is -0.331. The van der Waals surface area contributed by atoms with E-state index >= 15 is 0 Å². The van der Waals surface area contributed by atoms with E-state index < -0.39 is 0 Å². The molecule has 0 aromatic carbocycles. The van der Waals surface area contributed by atoms with E-state index in [4.69, 9.17) is 10.5 Å². The topological polar surface area (TPSA) is 51.4 Å². The molecule has 1 aromatic heterocycles. The fraction of sp³-hybridized carbons (Fsp3) is 0.667. The zero-order valence-electron chi connectivity index (χ0n) is 12.7. The lowest BCUT2D eigenvalue weighted by Gasteiger charge is -2.29. The summed E-state index contributed by atoms with van der Waals surface area (Å²) in [5.41, 5.74) is 6.86. The average molecular weight is 283 g/mol. The van der Waals surface area contributed by atoms with E-state index in [9.17, 15) is 4.39 Å². The first-order valence-corrected chi connectivity index (χ1v) is 7.18. The lowest BCUT2D eigenvalue weighted by Crippen LogP contribution is -2.37. The molecule has 0 fully saturated rings. The molecular formula is C15H26FN3O. The third kappa shape index (κ3) is 5.53. The first-order valence-electron chi connectivity index (χ1n) is 7.18. The molecule has 1 heterocycles. The Labute approximate surface area is 121 Å². The summed E-state index contributed by atoms with van der Waals surface area (Å²) in [7, 11) is 1.71. The maximum absolute atomic E-state index is 12.8. The highest BCUT2D eigenvalue weighted by atomic mass is 19.1. The molecule has 0 saturated heterocycles. The van der Waals surface area contributed by atoms with Gasteiger partial charge in [-0.15, -0.1) is 0 Å². The van der Waals surface area contributed by atoms with Crippen molar-refractivity contribution in [3.05, 3.63) is 29.8 Å². The predicted octanol–water partition coefficient (Wildman–Crippen LogP) is 2.36. The third-order valence-corrected chi connectivity index (χ3v) is 3.65. The van der Waals surface area contributed by atoms with Crippen LogP contribution in [0.3, 0.4) is 0 Å². The van der Waals surface area contributed by atoms with Crippen molar-refractivity contribution in [3.8, 4) is 0 Å². The Morgan fingerprint density at radius 3 is 2.70 bits per heavy atom. The zero-order chi connectivity index (χ0) is 15.0. The Morgan fingerprint density at radius 1 is 1.40 bits per heavy atom. The van der Waals surface area contributed by atoms with Gasteiger partial charge in [0.15, 0.2) is 0 Å². The number of hydrogen-bond donors (Lipinski definition) is 1. The molecule has 2 unspecified atom stereocenters.